The molecule has 1 unspecified atom stereocenters. The molecular formula is C13H25N3S. The SMILES string of the molecule is CCNCc1nc(CN(CC)C(C)CC)cs1. The predicted molar refractivity (Wildman–Crippen MR) is 75.3 cm³/mol. The average Bonchev–Trinajstić information content (AvgIpc) is 2.80. The fourth-order valence-corrected chi connectivity index (χ4v) is 2.53. The molecule has 98 valence electrons. The Morgan fingerprint density at radius 1 is 1.41 bits per heavy atom. The monoisotopic (exact) mass is 255 g/mol. The van der Waals surface area contributed by atoms with Gasteiger partial charge in [-0.1, -0.05) is 20.8 Å². The van der Waals surface area contributed by atoms with Crippen molar-refractivity contribution < 1.29 is 0 Å². The Balaban J connectivity index is 2.52. The first-order valence-corrected chi connectivity index (χ1v) is 7.47. The number of thiazole rings is 1. The second kappa shape index (κ2) is 7.80. The van der Waals surface area contributed by atoms with Crippen LogP contribution < -0.4 is 5.32 Å². The van der Waals surface area contributed by atoms with Crippen LogP contribution in [0.1, 0.15) is 44.8 Å². The van der Waals surface area contributed by atoms with Gasteiger partial charge in [-0.05, 0) is 26.4 Å². The van der Waals surface area contributed by atoms with Crippen molar-refractivity contribution in [3.8, 4) is 0 Å². The van der Waals surface area contributed by atoms with Crippen molar-refractivity contribution in [3.63, 3.8) is 0 Å². The molecule has 0 fully saturated rings. The van der Waals surface area contributed by atoms with E-state index >= 15 is 0 Å². The van der Waals surface area contributed by atoms with Crippen LogP contribution in [0.2, 0.25) is 0 Å². The lowest BCUT2D eigenvalue weighted by molar-refractivity contribution is 0.204. The van der Waals surface area contributed by atoms with Crippen molar-refractivity contribution in [2.45, 2.75) is 53.2 Å². The van der Waals surface area contributed by atoms with Crippen LogP contribution in [0.15, 0.2) is 5.38 Å². The minimum atomic E-state index is 0.638. The highest BCUT2D eigenvalue weighted by Crippen LogP contribution is 2.14. The Kier molecular flexibility index (Phi) is 6.70. The lowest BCUT2D eigenvalue weighted by Crippen LogP contribution is -2.31. The van der Waals surface area contributed by atoms with Crippen LogP contribution >= 0.6 is 11.3 Å². The normalized spacial score (nSPS) is 13.2. The smallest absolute Gasteiger partial charge is 0.107 e. The van der Waals surface area contributed by atoms with Gasteiger partial charge in [0.1, 0.15) is 5.01 Å². The van der Waals surface area contributed by atoms with Crippen molar-refractivity contribution in [3.05, 3.63) is 16.1 Å². The molecule has 0 aliphatic carbocycles. The molecule has 0 aliphatic rings. The van der Waals surface area contributed by atoms with Gasteiger partial charge in [0.2, 0.25) is 0 Å². The van der Waals surface area contributed by atoms with Crippen LogP contribution in [0.5, 0.6) is 0 Å². The van der Waals surface area contributed by atoms with Gasteiger partial charge in [0.25, 0.3) is 0 Å². The van der Waals surface area contributed by atoms with E-state index in [1.807, 2.05) is 0 Å². The van der Waals surface area contributed by atoms with Crippen LogP contribution in [0, 0.1) is 0 Å². The maximum absolute atomic E-state index is 4.67. The first kappa shape index (κ1) is 14.6. The second-order valence-electron chi connectivity index (χ2n) is 4.33. The highest BCUT2D eigenvalue weighted by Gasteiger charge is 2.12. The van der Waals surface area contributed by atoms with E-state index in [1.165, 1.54) is 17.1 Å². The zero-order valence-electron chi connectivity index (χ0n) is 11.5. The summed E-state index contributed by atoms with van der Waals surface area (Å²) in [6.45, 7) is 12.8. The van der Waals surface area contributed by atoms with Crippen LogP contribution in [-0.2, 0) is 13.1 Å². The fraction of sp³-hybridized carbons (Fsp3) is 0.769. The van der Waals surface area contributed by atoms with Gasteiger partial charge < -0.3 is 5.32 Å². The molecule has 17 heavy (non-hydrogen) atoms. The topological polar surface area (TPSA) is 28.2 Å². The molecule has 0 spiro atoms. The Hall–Kier alpha value is -0.450. The minimum absolute atomic E-state index is 0.638. The van der Waals surface area contributed by atoms with E-state index in [2.05, 4.69) is 48.3 Å². The molecule has 0 aromatic carbocycles. The third-order valence-electron chi connectivity index (χ3n) is 3.11. The van der Waals surface area contributed by atoms with Gasteiger partial charge in [0, 0.05) is 24.5 Å². The summed E-state index contributed by atoms with van der Waals surface area (Å²) in [7, 11) is 0. The van der Waals surface area contributed by atoms with Crippen LogP contribution in [0.25, 0.3) is 0 Å². The Bertz CT molecular complexity index is 311. The molecule has 1 rings (SSSR count). The molecular weight excluding hydrogens is 230 g/mol. The van der Waals surface area contributed by atoms with Crippen molar-refractivity contribution in [2.24, 2.45) is 0 Å². The summed E-state index contributed by atoms with van der Waals surface area (Å²) in [4.78, 5) is 7.14. The average molecular weight is 255 g/mol. The molecule has 0 aliphatic heterocycles. The molecule has 1 aromatic heterocycles. The summed E-state index contributed by atoms with van der Waals surface area (Å²) in [6.07, 6.45) is 1.20. The second-order valence-corrected chi connectivity index (χ2v) is 5.28. The third kappa shape index (κ3) is 4.74. The van der Waals surface area contributed by atoms with Crippen LogP contribution in [-0.4, -0.2) is 29.0 Å². The molecule has 3 nitrogen and oxygen atoms in total. The molecule has 0 radical (unpaired) electrons. The van der Waals surface area contributed by atoms with Gasteiger partial charge in [-0.2, -0.15) is 0 Å². The summed E-state index contributed by atoms with van der Waals surface area (Å²) in [5.74, 6) is 0. The van der Waals surface area contributed by atoms with E-state index in [0.29, 0.717) is 6.04 Å². The lowest BCUT2D eigenvalue weighted by atomic mass is 10.2. The minimum Gasteiger partial charge on any atom is -0.311 e. The standard InChI is InChI=1S/C13H25N3S/c1-5-11(4)16(7-3)9-12-10-17-13(15-12)8-14-6-2/h10-11,14H,5-9H2,1-4H3. The van der Waals surface area contributed by atoms with Gasteiger partial charge in [-0.3, -0.25) is 4.90 Å². The van der Waals surface area contributed by atoms with Crippen molar-refractivity contribution in [2.75, 3.05) is 13.1 Å². The predicted octanol–water partition coefficient (Wildman–Crippen LogP) is 2.87. The Morgan fingerprint density at radius 3 is 2.76 bits per heavy atom. The molecule has 1 aromatic rings. The molecule has 0 bridgehead atoms. The van der Waals surface area contributed by atoms with E-state index in [4.69, 9.17) is 0 Å². The van der Waals surface area contributed by atoms with Gasteiger partial charge >= 0.3 is 0 Å². The largest absolute Gasteiger partial charge is 0.311 e. The quantitative estimate of drug-likeness (QED) is 0.774. The first-order chi connectivity index (χ1) is 8.21. The van der Waals surface area contributed by atoms with E-state index in [1.54, 1.807) is 11.3 Å². The lowest BCUT2D eigenvalue weighted by Gasteiger charge is -2.25. The number of rotatable bonds is 8. The van der Waals surface area contributed by atoms with E-state index in [-0.39, 0.29) is 0 Å². The van der Waals surface area contributed by atoms with Crippen molar-refractivity contribution >= 4 is 11.3 Å². The summed E-state index contributed by atoms with van der Waals surface area (Å²) in [5.41, 5.74) is 1.21. The summed E-state index contributed by atoms with van der Waals surface area (Å²) in [6, 6.07) is 0.638. The zero-order valence-corrected chi connectivity index (χ0v) is 12.3. The van der Waals surface area contributed by atoms with Gasteiger partial charge in [0.05, 0.1) is 5.69 Å². The third-order valence-corrected chi connectivity index (χ3v) is 4.01. The maximum Gasteiger partial charge on any atom is 0.107 e. The van der Waals surface area contributed by atoms with Gasteiger partial charge in [-0.15, -0.1) is 11.3 Å². The summed E-state index contributed by atoms with van der Waals surface area (Å²) >= 11 is 1.76. The Labute approximate surface area is 109 Å². The van der Waals surface area contributed by atoms with Gasteiger partial charge in [0.15, 0.2) is 0 Å². The van der Waals surface area contributed by atoms with Crippen molar-refractivity contribution in [1.29, 1.82) is 0 Å². The highest BCUT2D eigenvalue weighted by atomic mass is 32.1. The zero-order chi connectivity index (χ0) is 12.7. The molecule has 4 heteroatoms. The molecule has 0 saturated carbocycles. The number of hydrogen-bond donors (Lipinski definition) is 1. The van der Waals surface area contributed by atoms with E-state index in [0.717, 1.165) is 26.2 Å². The Morgan fingerprint density at radius 2 is 2.18 bits per heavy atom. The molecule has 1 heterocycles. The first-order valence-electron chi connectivity index (χ1n) is 6.59. The van der Waals surface area contributed by atoms with Crippen molar-refractivity contribution in [1.82, 2.24) is 15.2 Å². The molecule has 0 amide bonds. The maximum atomic E-state index is 4.67. The van der Waals surface area contributed by atoms with Crippen LogP contribution in [0.3, 0.4) is 0 Å². The molecule has 1 N–H and O–H groups in total. The van der Waals surface area contributed by atoms with E-state index < -0.39 is 0 Å². The molecule has 0 saturated heterocycles. The summed E-state index contributed by atoms with van der Waals surface area (Å²) < 4.78 is 0. The number of nitrogens with one attached hydrogen (secondary N) is 1. The van der Waals surface area contributed by atoms with Crippen LogP contribution in [0.4, 0.5) is 0 Å². The highest BCUT2D eigenvalue weighted by molar-refractivity contribution is 7.09. The number of hydrogen-bond acceptors (Lipinski definition) is 4. The van der Waals surface area contributed by atoms with Gasteiger partial charge in [-0.25, -0.2) is 4.98 Å². The number of aromatic nitrogens is 1. The number of nitrogens with zero attached hydrogens (tertiary/aromatic N) is 2. The summed E-state index contributed by atoms with van der Waals surface area (Å²) in [5, 5.41) is 6.70. The molecule has 1 atom stereocenters. The van der Waals surface area contributed by atoms with E-state index in [9.17, 15) is 0 Å². The fourth-order valence-electron chi connectivity index (χ4n) is 1.78.